The first-order valence-electron chi connectivity index (χ1n) is 8.93. The summed E-state index contributed by atoms with van der Waals surface area (Å²) in [5.41, 5.74) is 0.669. The molecule has 26 heavy (non-hydrogen) atoms. The Hall–Kier alpha value is -2.70. The third kappa shape index (κ3) is 3.47. The number of anilines is 1. The number of amides is 1. The Labute approximate surface area is 151 Å². The minimum absolute atomic E-state index is 0.297. The van der Waals surface area contributed by atoms with Crippen molar-refractivity contribution in [2.45, 2.75) is 31.3 Å². The second kappa shape index (κ2) is 6.90. The van der Waals surface area contributed by atoms with Crippen LogP contribution in [0.2, 0.25) is 0 Å². The van der Waals surface area contributed by atoms with E-state index in [2.05, 4.69) is 20.8 Å². The number of alkyl carbamates (subject to hydrolysis) is 1. The maximum Gasteiger partial charge on any atom is 0.407 e. The van der Waals surface area contributed by atoms with E-state index in [1.165, 1.54) is 6.07 Å². The number of ether oxygens (including phenoxy) is 1. The molecule has 7 heteroatoms. The molecule has 1 aromatic heterocycles. The van der Waals surface area contributed by atoms with Crippen molar-refractivity contribution in [3.05, 3.63) is 42.2 Å². The van der Waals surface area contributed by atoms with Gasteiger partial charge in [-0.05, 0) is 55.9 Å². The van der Waals surface area contributed by atoms with E-state index in [1.807, 2.05) is 6.07 Å². The number of aromatic nitrogens is 2. The molecule has 0 atom stereocenters. The third-order valence-electron chi connectivity index (χ3n) is 5.27. The summed E-state index contributed by atoms with van der Waals surface area (Å²) in [7, 11) is 0. The van der Waals surface area contributed by atoms with E-state index in [1.54, 1.807) is 24.3 Å². The Balaban J connectivity index is 1.30. The fraction of sp³-hybridized carbons (Fsp3) is 0.421. The monoisotopic (exact) mass is 356 g/mol. The first-order valence-corrected chi connectivity index (χ1v) is 8.93. The number of nitrogens with one attached hydrogen (secondary N) is 2. The molecular formula is C19H21FN4O2. The summed E-state index contributed by atoms with van der Waals surface area (Å²) in [5, 5.41) is 14.3. The number of nitrogens with zero attached hydrogens (tertiary/aromatic N) is 2. The van der Waals surface area contributed by atoms with Gasteiger partial charge < -0.3 is 15.4 Å². The first-order chi connectivity index (χ1) is 12.6. The number of hydrogen-bond acceptors (Lipinski definition) is 5. The van der Waals surface area contributed by atoms with E-state index in [0.717, 1.165) is 32.2 Å². The molecule has 2 aliphatic rings. The molecule has 2 aromatic rings. The SMILES string of the molecule is O=C1NC[C@]2(CC[C@@H](CNc3ccc(-c4ccccc4F)nn3)CC2)O1. The van der Waals surface area contributed by atoms with Gasteiger partial charge in [0, 0.05) is 12.1 Å². The second-order valence-corrected chi connectivity index (χ2v) is 7.03. The van der Waals surface area contributed by atoms with Crippen molar-refractivity contribution in [1.82, 2.24) is 15.5 Å². The van der Waals surface area contributed by atoms with Gasteiger partial charge in [0.05, 0.1) is 12.2 Å². The Morgan fingerprint density at radius 1 is 1.19 bits per heavy atom. The minimum atomic E-state index is -0.305. The molecule has 1 aromatic carbocycles. The van der Waals surface area contributed by atoms with Gasteiger partial charge in [0.1, 0.15) is 17.2 Å². The summed E-state index contributed by atoms with van der Waals surface area (Å²) < 4.78 is 19.2. The molecule has 2 fully saturated rings. The van der Waals surface area contributed by atoms with Crippen molar-refractivity contribution < 1.29 is 13.9 Å². The van der Waals surface area contributed by atoms with Crippen LogP contribution in [0.25, 0.3) is 11.3 Å². The average molecular weight is 356 g/mol. The summed E-state index contributed by atoms with van der Waals surface area (Å²) in [6.07, 6.45) is 3.48. The lowest BCUT2D eigenvalue weighted by Crippen LogP contribution is -2.39. The molecular weight excluding hydrogens is 335 g/mol. The van der Waals surface area contributed by atoms with Crippen LogP contribution in [-0.2, 0) is 4.74 Å². The van der Waals surface area contributed by atoms with Gasteiger partial charge >= 0.3 is 6.09 Å². The highest BCUT2D eigenvalue weighted by molar-refractivity contribution is 5.70. The van der Waals surface area contributed by atoms with Crippen LogP contribution < -0.4 is 10.6 Å². The van der Waals surface area contributed by atoms with Gasteiger partial charge in [-0.2, -0.15) is 0 Å². The Morgan fingerprint density at radius 3 is 2.65 bits per heavy atom. The average Bonchev–Trinajstić information content (AvgIpc) is 3.03. The fourth-order valence-electron chi connectivity index (χ4n) is 3.68. The predicted octanol–water partition coefficient (Wildman–Crippen LogP) is 3.36. The molecule has 1 aliphatic heterocycles. The highest BCUT2D eigenvalue weighted by atomic mass is 19.1. The van der Waals surface area contributed by atoms with E-state index in [-0.39, 0.29) is 17.5 Å². The Kier molecular flexibility index (Phi) is 4.44. The van der Waals surface area contributed by atoms with Crippen molar-refractivity contribution in [2.75, 3.05) is 18.4 Å². The van der Waals surface area contributed by atoms with Crippen LogP contribution in [0.1, 0.15) is 25.7 Å². The zero-order valence-corrected chi connectivity index (χ0v) is 14.4. The van der Waals surface area contributed by atoms with Crippen LogP contribution >= 0.6 is 0 Å². The lowest BCUT2D eigenvalue weighted by molar-refractivity contribution is 0.0148. The van der Waals surface area contributed by atoms with Crippen molar-refractivity contribution in [3.8, 4) is 11.3 Å². The second-order valence-electron chi connectivity index (χ2n) is 7.03. The Bertz CT molecular complexity index is 788. The van der Waals surface area contributed by atoms with Gasteiger partial charge in [0.2, 0.25) is 0 Å². The number of rotatable bonds is 4. The molecule has 6 nitrogen and oxygen atoms in total. The quantitative estimate of drug-likeness (QED) is 0.878. The van der Waals surface area contributed by atoms with Crippen molar-refractivity contribution in [1.29, 1.82) is 0 Å². The van der Waals surface area contributed by atoms with Crippen molar-refractivity contribution >= 4 is 11.9 Å². The highest BCUT2D eigenvalue weighted by Crippen LogP contribution is 2.36. The van der Waals surface area contributed by atoms with E-state index < -0.39 is 0 Å². The molecule has 0 radical (unpaired) electrons. The molecule has 1 saturated heterocycles. The zero-order valence-electron chi connectivity index (χ0n) is 14.4. The van der Waals surface area contributed by atoms with Crippen LogP contribution in [0, 0.1) is 11.7 Å². The number of halogens is 1. The molecule has 1 aliphatic carbocycles. The lowest BCUT2D eigenvalue weighted by Gasteiger charge is -2.34. The maximum absolute atomic E-state index is 13.8. The smallest absolute Gasteiger partial charge is 0.407 e. The topological polar surface area (TPSA) is 76.1 Å². The Morgan fingerprint density at radius 2 is 2.00 bits per heavy atom. The number of carbonyl (C=O) groups is 1. The van der Waals surface area contributed by atoms with E-state index in [9.17, 15) is 9.18 Å². The molecule has 1 saturated carbocycles. The molecule has 4 rings (SSSR count). The van der Waals surface area contributed by atoms with Gasteiger partial charge in [0.25, 0.3) is 0 Å². The number of hydrogen-bond donors (Lipinski definition) is 2. The lowest BCUT2D eigenvalue weighted by atomic mass is 9.79. The number of benzene rings is 1. The van der Waals surface area contributed by atoms with E-state index in [0.29, 0.717) is 29.5 Å². The summed E-state index contributed by atoms with van der Waals surface area (Å²) in [6.45, 7) is 1.42. The predicted molar refractivity (Wildman–Crippen MR) is 95.1 cm³/mol. The van der Waals surface area contributed by atoms with Crippen molar-refractivity contribution in [2.24, 2.45) is 5.92 Å². The standard InChI is InChI=1S/C19H21FN4O2/c20-15-4-2-1-3-14(15)16-5-6-17(24-23-16)21-11-13-7-9-19(10-8-13)12-22-18(25)26-19/h1-6,13H,7-12H2,(H,21,24)(H,22,25)/t13-,19-. The fourth-order valence-corrected chi connectivity index (χ4v) is 3.68. The maximum atomic E-state index is 13.8. The summed E-state index contributed by atoms with van der Waals surface area (Å²) in [6, 6.07) is 10.1. The first kappa shape index (κ1) is 16.8. The highest BCUT2D eigenvalue weighted by Gasteiger charge is 2.43. The van der Waals surface area contributed by atoms with Crippen LogP contribution in [0.15, 0.2) is 36.4 Å². The minimum Gasteiger partial charge on any atom is -0.441 e. The normalized spacial score (nSPS) is 25.0. The van der Waals surface area contributed by atoms with Crippen LogP contribution in [0.5, 0.6) is 0 Å². The van der Waals surface area contributed by atoms with Gasteiger partial charge in [-0.25, -0.2) is 9.18 Å². The van der Waals surface area contributed by atoms with E-state index >= 15 is 0 Å². The molecule has 1 amide bonds. The van der Waals surface area contributed by atoms with Gasteiger partial charge in [-0.1, -0.05) is 12.1 Å². The summed E-state index contributed by atoms with van der Waals surface area (Å²) in [4.78, 5) is 11.3. The van der Waals surface area contributed by atoms with Gasteiger partial charge in [-0.15, -0.1) is 10.2 Å². The largest absolute Gasteiger partial charge is 0.441 e. The number of carbonyl (C=O) groups excluding carboxylic acids is 1. The molecule has 2 heterocycles. The van der Waals surface area contributed by atoms with Crippen molar-refractivity contribution in [3.63, 3.8) is 0 Å². The molecule has 2 N–H and O–H groups in total. The summed E-state index contributed by atoms with van der Waals surface area (Å²) >= 11 is 0. The molecule has 136 valence electrons. The molecule has 0 unspecified atom stereocenters. The third-order valence-corrected chi connectivity index (χ3v) is 5.27. The van der Waals surface area contributed by atoms with E-state index in [4.69, 9.17) is 4.74 Å². The summed E-state index contributed by atoms with van der Waals surface area (Å²) in [5.74, 6) is 0.882. The van der Waals surface area contributed by atoms with Crippen LogP contribution in [-0.4, -0.2) is 35.0 Å². The molecule has 1 spiro atoms. The van der Waals surface area contributed by atoms with Gasteiger partial charge in [-0.3, -0.25) is 0 Å². The van der Waals surface area contributed by atoms with Crippen LogP contribution in [0.4, 0.5) is 15.0 Å². The van der Waals surface area contributed by atoms with Crippen LogP contribution in [0.3, 0.4) is 0 Å². The molecule has 0 bridgehead atoms. The zero-order chi connectivity index (χ0) is 18.0. The van der Waals surface area contributed by atoms with Gasteiger partial charge in [0.15, 0.2) is 0 Å².